The molecule has 0 saturated heterocycles. The maximum Gasteiger partial charge on any atom is 0.0847 e. The molecule has 0 amide bonds. The predicted molar refractivity (Wildman–Crippen MR) is 89.3 cm³/mol. The number of hydrogen-bond acceptors (Lipinski definition) is 2. The number of nitrogens with zero attached hydrogens (tertiary/aromatic N) is 2. The molecular formula is C16H21Cl2N3. The molecule has 0 aliphatic carbocycles. The quantitative estimate of drug-likeness (QED) is 0.886. The summed E-state index contributed by atoms with van der Waals surface area (Å²) in [6.45, 7) is 6.86. The molecule has 3 nitrogen and oxygen atoms in total. The van der Waals surface area contributed by atoms with E-state index in [0.29, 0.717) is 0 Å². The zero-order chi connectivity index (χ0) is 15.6. The molecule has 0 bridgehead atoms. The number of halogens is 2. The third-order valence-corrected chi connectivity index (χ3v) is 4.70. The van der Waals surface area contributed by atoms with E-state index < -0.39 is 0 Å². The van der Waals surface area contributed by atoms with Gasteiger partial charge < -0.3 is 5.32 Å². The molecular weight excluding hydrogens is 305 g/mol. The first kappa shape index (κ1) is 16.3. The lowest BCUT2D eigenvalue weighted by molar-refractivity contribution is 0.541. The van der Waals surface area contributed by atoms with Gasteiger partial charge in [-0.3, -0.25) is 4.68 Å². The Morgan fingerprint density at radius 3 is 2.57 bits per heavy atom. The van der Waals surface area contributed by atoms with Crippen molar-refractivity contribution in [3.05, 3.63) is 50.8 Å². The number of likely N-dealkylation sites (N-methyl/N-ethyl adjacent to an activating group) is 1. The first-order valence-electron chi connectivity index (χ1n) is 7.13. The minimum Gasteiger partial charge on any atom is -0.313 e. The normalized spacial score (nSPS) is 12.7. The van der Waals surface area contributed by atoms with Gasteiger partial charge in [0.1, 0.15) is 0 Å². The summed E-state index contributed by atoms with van der Waals surface area (Å²) in [5.74, 6) is 0. The van der Waals surface area contributed by atoms with Crippen molar-refractivity contribution < 1.29 is 0 Å². The molecule has 1 unspecified atom stereocenters. The van der Waals surface area contributed by atoms with E-state index in [1.54, 1.807) is 0 Å². The average Bonchev–Trinajstić information content (AvgIpc) is 2.75. The van der Waals surface area contributed by atoms with Gasteiger partial charge in [0.25, 0.3) is 0 Å². The number of aryl methyl sites for hydroxylation is 3. The van der Waals surface area contributed by atoms with Crippen molar-refractivity contribution in [1.29, 1.82) is 0 Å². The highest BCUT2D eigenvalue weighted by Crippen LogP contribution is 2.27. The van der Waals surface area contributed by atoms with Crippen LogP contribution in [0.25, 0.3) is 0 Å². The van der Waals surface area contributed by atoms with E-state index in [-0.39, 0.29) is 6.04 Å². The number of hydrogen-bond donors (Lipinski definition) is 1. The highest BCUT2D eigenvalue weighted by Gasteiger charge is 2.18. The molecule has 1 heterocycles. The van der Waals surface area contributed by atoms with Crippen LogP contribution in [0.5, 0.6) is 0 Å². The fourth-order valence-corrected chi connectivity index (χ4v) is 2.86. The fraction of sp³-hybridized carbons (Fsp3) is 0.438. The Morgan fingerprint density at radius 1 is 1.29 bits per heavy atom. The molecule has 1 aromatic carbocycles. The van der Waals surface area contributed by atoms with E-state index in [9.17, 15) is 0 Å². The summed E-state index contributed by atoms with van der Waals surface area (Å²) < 4.78 is 1.98. The van der Waals surface area contributed by atoms with Gasteiger partial charge in [0.05, 0.1) is 16.4 Å². The third kappa shape index (κ3) is 3.42. The number of aromatic nitrogens is 2. The molecule has 0 radical (unpaired) electrons. The van der Waals surface area contributed by atoms with Gasteiger partial charge in [0.2, 0.25) is 0 Å². The second-order valence-electron chi connectivity index (χ2n) is 5.22. The van der Waals surface area contributed by atoms with Crippen LogP contribution in [0.15, 0.2) is 18.2 Å². The Bertz CT molecular complexity index is 635. The molecule has 1 aromatic heterocycles. The zero-order valence-corrected chi connectivity index (χ0v) is 14.4. The lowest BCUT2D eigenvalue weighted by Gasteiger charge is -2.18. The molecule has 1 N–H and O–H groups in total. The molecule has 21 heavy (non-hydrogen) atoms. The first-order valence-corrected chi connectivity index (χ1v) is 7.88. The van der Waals surface area contributed by atoms with Crippen LogP contribution in [0.2, 0.25) is 10.0 Å². The smallest absolute Gasteiger partial charge is 0.0847 e. The SMILES string of the molecule is CCn1nc(C)c(Cl)c1CC(NC)c1ccc(Cl)c(C)c1. The molecule has 0 fully saturated rings. The van der Waals surface area contributed by atoms with E-state index in [0.717, 1.165) is 40.0 Å². The number of benzene rings is 1. The lowest BCUT2D eigenvalue weighted by Crippen LogP contribution is -2.21. The maximum atomic E-state index is 6.41. The van der Waals surface area contributed by atoms with Crippen LogP contribution in [0.4, 0.5) is 0 Å². The summed E-state index contributed by atoms with van der Waals surface area (Å²) in [4.78, 5) is 0. The van der Waals surface area contributed by atoms with Crippen LogP contribution in [0, 0.1) is 13.8 Å². The van der Waals surface area contributed by atoms with Crippen molar-refractivity contribution >= 4 is 23.2 Å². The monoisotopic (exact) mass is 325 g/mol. The second kappa shape index (κ2) is 6.82. The number of nitrogens with one attached hydrogen (secondary N) is 1. The molecule has 0 saturated carbocycles. The van der Waals surface area contributed by atoms with Gasteiger partial charge in [-0.25, -0.2) is 0 Å². The van der Waals surface area contributed by atoms with Gasteiger partial charge in [0, 0.05) is 24.0 Å². The summed E-state index contributed by atoms with van der Waals surface area (Å²) in [5.41, 5.74) is 4.25. The van der Waals surface area contributed by atoms with Crippen molar-refractivity contribution in [3.63, 3.8) is 0 Å². The van der Waals surface area contributed by atoms with Gasteiger partial charge in [-0.1, -0.05) is 35.3 Å². The largest absolute Gasteiger partial charge is 0.313 e. The molecule has 114 valence electrons. The van der Waals surface area contributed by atoms with Crippen LogP contribution in [-0.2, 0) is 13.0 Å². The van der Waals surface area contributed by atoms with Crippen molar-refractivity contribution in [2.24, 2.45) is 0 Å². The Balaban J connectivity index is 2.33. The molecule has 0 spiro atoms. The standard InChI is InChI=1S/C16H21Cl2N3/c1-5-21-15(16(18)11(3)20-21)9-14(19-4)12-6-7-13(17)10(2)8-12/h6-8,14,19H,5,9H2,1-4H3. The van der Waals surface area contributed by atoms with Gasteiger partial charge in [-0.05, 0) is 45.0 Å². The zero-order valence-electron chi connectivity index (χ0n) is 12.9. The van der Waals surface area contributed by atoms with E-state index in [1.807, 2.05) is 31.6 Å². The molecule has 1 atom stereocenters. The van der Waals surface area contributed by atoms with Crippen LogP contribution >= 0.6 is 23.2 Å². The Kier molecular flexibility index (Phi) is 5.31. The predicted octanol–water partition coefficient (Wildman–Crippen LogP) is 4.33. The molecule has 0 aliphatic heterocycles. The van der Waals surface area contributed by atoms with Gasteiger partial charge in [0.15, 0.2) is 0 Å². The first-order chi connectivity index (χ1) is 9.97. The summed E-state index contributed by atoms with van der Waals surface area (Å²) in [6.07, 6.45) is 0.797. The summed E-state index contributed by atoms with van der Waals surface area (Å²) in [7, 11) is 1.96. The summed E-state index contributed by atoms with van der Waals surface area (Å²) in [5, 5.41) is 9.39. The Hall–Kier alpha value is -1.03. The van der Waals surface area contributed by atoms with Crippen LogP contribution in [0.3, 0.4) is 0 Å². The lowest BCUT2D eigenvalue weighted by atomic mass is 10.00. The van der Waals surface area contributed by atoms with Crippen molar-refractivity contribution in [3.8, 4) is 0 Å². The summed E-state index contributed by atoms with van der Waals surface area (Å²) >= 11 is 12.5. The summed E-state index contributed by atoms with van der Waals surface area (Å²) in [6, 6.07) is 6.31. The Labute approximate surface area is 136 Å². The minimum absolute atomic E-state index is 0.180. The average molecular weight is 326 g/mol. The van der Waals surface area contributed by atoms with Crippen LogP contribution in [0.1, 0.15) is 35.5 Å². The molecule has 0 aliphatic rings. The molecule has 2 aromatic rings. The van der Waals surface area contributed by atoms with Crippen molar-refractivity contribution in [2.75, 3.05) is 7.05 Å². The maximum absolute atomic E-state index is 6.41. The highest BCUT2D eigenvalue weighted by atomic mass is 35.5. The van der Waals surface area contributed by atoms with Crippen LogP contribution in [-0.4, -0.2) is 16.8 Å². The van der Waals surface area contributed by atoms with Crippen LogP contribution < -0.4 is 5.32 Å². The third-order valence-electron chi connectivity index (χ3n) is 3.78. The second-order valence-corrected chi connectivity index (χ2v) is 6.00. The number of rotatable bonds is 5. The van der Waals surface area contributed by atoms with Crippen molar-refractivity contribution in [2.45, 2.75) is 39.8 Å². The molecule has 5 heteroatoms. The van der Waals surface area contributed by atoms with E-state index in [4.69, 9.17) is 23.2 Å². The topological polar surface area (TPSA) is 29.9 Å². The highest BCUT2D eigenvalue weighted by molar-refractivity contribution is 6.32. The van der Waals surface area contributed by atoms with Gasteiger partial charge in [-0.2, -0.15) is 5.10 Å². The van der Waals surface area contributed by atoms with E-state index in [1.165, 1.54) is 5.56 Å². The minimum atomic E-state index is 0.180. The van der Waals surface area contributed by atoms with Gasteiger partial charge >= 0.3 is 0 Å². The van der Waals surface area contributed by atoms with E-state index in [2.05, 4.69) is 29.5 Å². The van der Waals surface area contributed by atoms with E-state index >= 15 is 0 Å². The Morgan fingerprint density at radius 2 is 2.00 bits per heavy atom. The molecule has 2 rings (SSSR count). The fourth-order valence-electron chi connectivity index (χ4n) is 2.53. The van der Waals surface area contributed by atoms with Crippen molar-refractivity contribution in [1.82, 2.24) is 15.1 Å². The van der Waals surface area contributed by atoms with Gasteiger partial charge in [-0.15, -0.1) is 0 Å².